The number of pyridine rings is 1. The molecule has 0 aliphatic carbocycles. The number of hydrogen-bond donors (Lipinski definition) is 4. The van der Waals surface area contributed by atoms with Crippen molar-refractivity contribution in [1.29, 1.82) is 0 Å². The second-order valence-electron chi connectivity index (χ2n) is 9.35. The molecule has 1 heterocycles. The maximum atomic E-state index is 12.9. The molecule has 11 heteroatoms. The normalized spacial score (nSPS) is 12.3. The van der Waals surface area contributed by atoms with Crippen LogP contribution >= 0.6 is 0 Å². The SMILES string of the molecule is CCC(CC)CNC(=O)Cn1cccc(NC(=O)C(CC/C=C/C(=O)O)NC(=O)OC(C)(C)C)c1=O. The Kier molecular flexibility index (Phi) is 12.4. The summed E-state index contributed by atoms with van der Waals surface area (Å²) in [6, 6.07) is 1.82. The number of rotatable bonds is 13. The third kappa shape index (κ3) is 11.7. The number of nitrogens with one attached hydrogen (secondary N) is 3. The van der Waals surface area contributed by atoms with Gasteiger partial charge in [0.2, 0.25) is 11.8 Å². The van der Waals surface area contributed by atoms with E-state index in [-0.39, 0.29) is 31.0 Å². The van der Waals surface area contributed by atoms with Crippen LogP contribution in [0.3, 0.4) is 0 Å². The van der Waals surface area contributed by atoms with E-state index in [4.69, 9.17) is 9.84 Å². The number of alkyl carbamates (subject to hydrolysis) is 1. The lowest BCUT2D eigenvalue weighted by Gasteiger charge is -2.23. The van der Waals surface area contributed by atoms with Crippen molar-refractivity contribution >= 4 is 29.6 Å². The fraction of sp³-hybridized carbons (Fsp3) is 0.560. The van der Waals surface area contributed by atoms with Crippen LogP contribution in [-0.2, 0) is 25.7 Å². The zero-order valence-electron chi connectivity index (χ0n) is 21.6. The Hall–Kier alpha value is -3.63. The Morgan fingerprint density at radius 3 is 2.42 bits per heavy atom. The summed E-state index contributed by atoms with van der Waals surface area (Å²) in [7, 11) is 0. The Balaban J connectivity index is 2.94. The zero-order valence-corrected chi connectivity index (χ0v) is 21.6. The van der Waals surface area contributed by atoms with Gasteiger partial charge in [-0.15, -0.1) is 0 Å². The van der Waals surface area contributed by atoms with Gasteiger partial charge in [0, 0.05) is 18.8 Å². The van der Waals surface area contributed by atoms with Crippen molar-refractivity contribution in [3.63, 3.8) is 0 Å². The number of allylic oxidation sites excluding steroid dienone is 1. The van der Waals surface area contributed by atoms with Crippen molar-refractivity contribution < 1.29 is 29.0 Å². The van der Waals surface area contributed by atoms with Gasteiger partial charge in [0.05, 0.1) is 0 Å². The van der Waals surface area contributed by atoms with Crippen LogP contribution in [0, 0.1) is 5.92 Å². The van der Waals surface area contributed by atoms with Gasteiger partial charge in [0.25, 0.3) is 5.56 Å². The second-order valence-corrected chi connectivity index (χ2v) is 9.35. The zero-order chi connectivity index (χ0) is 27.3. The molecule has 1 atom stereocenters. The summed E-state index contributed by atoms with van der Waals surface area (Å²) in [6.07, 6.45) is 5.02. The summed E-state index contributed by atoms with van der Waals surface area (Å²) in [4.78, 5) is 61.0. The number of amides is 3. The number of carboxylic acids is 1. The van der Waals surface area contributed by atoms with Crippen LogP contribution in [0.5, 0.6) is 0 Å². The Morgan fingerprint density at radius 1 is 1.17 bits per heavy atom. The van der Waals surface area contributed by atoms with Gasteiger partial charge in [-0.2, -0.15) is 0 Å². The van der Waals surface area contributed by atoms with Gasteiger partial charge in [-0.25, -0.2) is 9.59 Å². The molecule has 1 unspecified atom stereocenters. The molecule has 3 amide bonds. The van der Waals surface area contributed by atoms with Gasteiger partial charge >= 0.3 is 12.1 Å². The lowest BCUT2D eigenvalue weighted by Crippen LogP contribution is -2.46. The highest BCUT2D eigenvalue weighted by Gasteiger charge is 2.25. The molecular formula is C25H38N4O7. The molecule has 0 aliphatic rings. The van der Waals surface area contributed by atoms with E-state index in [1.54, 1.807) is 20.8 Å². The average molecular weight is 507 g/mol. The molecule has 0 fully saturated rings. The van der Waals surface area contributed by atoms with Crippen molar-refractivity contribution in [3.8, 4) is 0 Å². The van der Waals surface area contributed by atoms with E-state index < -0.39 is 35.2 Å². The molecule has 0 radical (unpaired) electrons. The quantitative estimate of drug-likeness (QED) is 0.300. The van der Waals surface area contributed by atoms with Crippen molar-refractivity contribution in [2.75, 3.05) is 11.9 Å². The molecule has 1 aromatic heterocycles. The average Bonchev–Trinajstić information content (AvgIpc) is 2.77. The highest BCUT2D eigenvalue weighted by atomic mass is 16.6. The van der Waals surface area contributed by atoms with Crippen LogP contribution in [-0.4, -0.2) is 51.7 Å². The maximum Gasteiger partial charge on any atom is 0.408 e. The largest absolute Gasteiger partial charge is 0.478 e. The summed E-state index contributed by atoms with van der Waals surface area (Å²) < 4.78 is 6.39. The van der Waals surface area contributed by atoms with Gasteiger partial charge in [-0.1, -0.05) is 32.8 Å². The highest BCUT2D eigenvalue weighted by molar-refractivity contribution is 5.96. The molecule has 0 aromatic carbocycles. The first-order chi connectivity index (χ1) is 16.9. The van der Waals surface area contributed by atoms with Crippen molar-refractivity contribution in [3.05, 3.63) is 40.8 Å². The van der Waals surface area contributed by atoms with Crippen molar-refractivity contribution in [1.82, 2.24) is 15.2 Å². The molecule has 1 rings (SSSR count). The monoisotopic (exact) mass is 506 g/mol. The van der Waals surface area contributed by atoms with E-state index in [1.165, 1.54) is 29.0 Å². The first-order valence-corrected chi connectivity index (χ1v) is 12.0. The lowest BCUT2D eigenvalue weighted by molar-refractivity contribution is -0.131. The minimum atomic E-state index is -1.13. The molecule has 0 aliphatic heterocycles. The molecule has 4 N–H and O–H groups in total. The van der Waals surface area contributed by atoms with E-state index >= 15 is 0 Å². The standard InChI is InChI=1S/C25H38N4O7/c1-6-17(7-2)15-26-20(30)16-29-14-10-12-19(23(29)34)27-22(33)18(11-8-9-13-21(31)32)28-24(35)36-25(3,4)5/h9-10,12-14,17-18H,6-8,11,15-16H2,1-5H3,(H,26,30)(H,27,33)(H,28,35)(H,31,32)/b13-9+. The van der Waals surface area contributed by atoms with Gasteiger partial charge < -0.3 is 30.4 Å². The van der Waals surface area contributed by atoms with Crippen molar-refractivity contribution in [2.45, 2.75) is 78.5 Å². The molecule has 0 bridgehead atoms. The topological polar surface area (TPSA) is 156 Å². The number of aliphatic carboxylic acids is 1. The van der Waals surface area contributed by atoms with E-state index in [1.807, 2.05) is 13.8 Å². The van der Waals surface area contributed by atoms with Gasteiger partial charge in [0.1, 0.15) is 23.9 Å². The molecule has 36 heavy (non-hydrogen) atoms. The number of carbonyl (C=O) groups is 4. The summed E-state index contributed by atoms with van der Waals surface area (Å²) in [5.74, 6) is -1.78. The predicted octanol–water partition coefficient (Wildman–Crippen LogP) is 2.65. The van der Waals surface area contributed by atoms with Crippen LogP contribution < -0.4 is 21.5 Å². The fourth-order valence-corrected chi connectivity index (χ4v) is 3.19. The minimum absolute atomic E-state index is 0.0626. The van der Waals surface area contributed by atoms with Crippen LogP contribution in [0.25, 0.3) is 0 Å². The number of carbonyl (C=O) groups excluding carboxylic acids is 3. The summed E-state index contributed by atoms with van der Waals surface area (Å²) in [5.41, 5.74) is -1.44. The predicted molar refractivity (Wildman–Crippen MR) is 136 cm³/mol. The van der Waals surface area contributed by atoms with Gasteiger partial charge in [-0.05, 0) is 51.7 Å². The Bertz CT molecular complexity index is 991. The molecular weight excluding hydrogens is 468 g/mol. The van der Waals surface area contributed by atoms with Gasteiger partial charge in [-0.3, -0.25) is 14.4 Å². The summed E-state index contributed by atoms with van der Waals surface area (Å²) >= 11 is 0. The number of ether oxygens (including phenoxy) is 1. The van der Waals surface area contributed by atoms with E-state index in [2.05, 4.69) is 16.0 Å². The molecule has 200 valence electrons. The molecule has 0 saturated heterocycles. The van der Waals surface area contributed by atoms with Crippen LogP contribution in [0.4, 0.5) is 10.5 Å². The number of anilines is 1. The number of carboxylic acid groups (broad SMARTS) is 1. The van der Waals surface area contributed by atoms with E-state index in [9.17, 15) is 24.0 Å². The lowest BCUT2D eigenvalue weighted by atomic mass is 10.0. The number of aromatic nitrogens is 1. The fourth-order valence-electron chi connectivity index (χ4n) is 3.19. The first kappa shape index (κ1) is 30.4. The minimum Gasteiger partial charge on any atom is -0.478 e. The Labute approximate surface area is 211 Å². The molecule has 1 aromatic rings. The summed E-state index contributed by atoms with van der Waals surface area (Å²) in [6.45, 7) is 9.42. The van der Waals surface area contributed by atoms with E-state index in [0.717, 1.165) is 18.9 Å². The second kappa shape index (κ2) is 14.7. The summed E-state index contributed by atoms with van der Waals surface area (Å²) in [5, 5.41) is 16.5. The third-order valence-corrected chi connectivity index (χ3v) is 5.22. The smallest absolute Gasteiger partial charge is 0.408 e. The Morgan fingerprint density at radius 2 is 1.83 bits per heavy atom. The van der Waals surface area contributed by atoms with Crippen LogP contribution in [0.15, 0.2) is 35.3 Å². The molecule has 0 spiro atoms. The number of nitrogens with zero attached hydrogens (tertiary/aromatic N) is 1. The van der Waals surface area contributed by atoms with Crippen LogP contribution in [0.1, 0.15) is 60.3 Å². The molecule has 11 nitrogen and oxygen atoms in total. The van der Waals surface area contributed by atoms with E-state index in [0.29, 0.717) is 12.5 Å². The number of hydrogen-bond acceptors (Lipinski definition) is 6. The van der Waals surface area contributed by atoms with Crippen molar-refractivity contribution in [2.24, 2.45) is 5.92 Å². The highest BCUT2D eigenvalue weighted by Crippen LogP contribution is 2.10. The third-order valence-electron chi connectivity index (χ3n) is 5.22. The first-order valence-electron chi connectivity index (χ1n) is 12.0. The van der Waals surface area contributed by atoms with Crippen LogP contribution in [0.2, 0.25) is 0 Å². The van der Waals surface area contributed by atoms with Gasteiger partial charge in [0.15, 0.2) is 0 Å². The maximum absolute atomic E-state index is 12.9. The molecule has 0 saturated carbocycles.